The van der Waals surface area contributed by atoms with E-state index in [-0.39, 0.29) is 17.4 Å². The molecule has 1 aromatic heterocycles. The number of aliphatic carboxylic acids is 1. The van der Waals surface area contributed by atoms with E-state index in [9.17, 15) is 14.9 Å². The minimum absolute atomic E-state index is 0.0626. The lowest BCUT2D eigenvalue weighted by atomic mass is 10.2. The highest BCUT2D eigenvalue weighted by atomic mass is 16.6. The van der Waals surface area contributed by atoms with Crippen LogP contribution in [0.25, 0.3) is 0 Å². The molecular formula is C11H13N3O4. The SMILES string of the molecule is Cc1cnc(NC(C(=O)O)C2CC2)cc1[N+](=O)[O-]. The van der Waals surface area contributed by atoms with Crippen LogP contribution in [0.3, 0.4) is 0 Å². The Labute approximate surface area is 103 Å². The standard InChI is InChI=1S/C11H13N3O4/c1-6-5-12-9(4-8(6)14(17)18)13-10(11(15)16)7-2-3-7/h4-5,7,10H,2-3H2,1H3,(H,12,13)(H,15,16). The van der Waals surface area contributed by atoms with Gasteiger partial charge in [0, 0.05) is 11.8 Å². The molecule has 2 rings (SSSR count). The van der Waals surface area contributed by atoms with Crippen LogP contribution in [0.1, 0.15) is 18.4 Å². The Morgan fingerprint density at radius 1 is 1.67 bits per heavy atom. The zero-order valence-corrected chi connectivity index (χ0v) is 9.79. The normalized spacial score (nSPS) is 16.1. The van der Waals surface area contributed by atoms with Crippen LogP contribution in [0, 0.1) is 23.0 Å². The number of aryl methyl sites for hydroxylation is 1. The van der Waals surface area contributed by atoms with E-state index in [4.69, 9.17) is 5.11 Å². The molecule has 1 unspecified atom stereocenters. The van der Waals surface area contributed by atoms with E-state index < -0.39 is 16.9 Å². The molecule has 0 bridgehead atoms. The summed E-state index contributed by atoms with van der Waals surface area (Å²) in [5, 5.41) is 22.6. The van der Waals surface area contributed by atoms with Crippen molar-refractivity contribution in [1.82, 2.24) is 4.98 Å². The second kappa shape index (κ2) is 4.59. The van der Waals surface area contributed by atoms with Crippen molar-refractivity contribution in [3.05, 3.63) is 27.9 Å². The summed E-state index contributed by atoms with van der Waals surface area (Å²) in [6.45, 7) is 1.59. The van der Waals surface area contributed by atoms with Gasteiger partial charge in [0.1, 0.15) is 11.9 Å². The van der Waals surface area contributed by atoms with Gasteiger partial charge in [0.2, 0.25) is 0 Å². The summed E-state index contributed by atoms with van der Waals surface area (Å²) in [6, 6.07) is 0.549. The summed E-state index contributed by atoms with van der Waals surface area (Å²) < 4.78 is 0. The Bertz CT molecular complexity index is 499. The summed E-state index contributed by atoms with van der Waals surface area (Å²) >= 11 is 0. The van der Waals surface area contributed by atoms with E-state index in [1.54, 1.807) is 6.92 Å². The minimum atomic E-state index is -0.956. The number of rotatable bonds is 5. The van der Waals surface area contributed by atoms with Crippen molar-refractivity contribution < 1.29 is 14.8 Å². The second-order valence-electron chi connectivity index (χ2n) is 4.41. The molecule has 18 heavy (non-hydrogen) atoms. The number of nitrogens with one attached hydrogen (secondary N) is 1. The fourth-order valence-electron chi connectivity index (χ4n) is 1.76. The summed E-state index contributed by atoms with van der Waals surface area (Å²) in [7, 11) is 0. The molecule has 1 fully saturated rings. The number of carboxylic acid groups (broad SMARTS) is 1. The third-order valence-electron chi connectivity index (χ3n) is 2.93. The number of aromatic nitrogens is 1. The third kappa shape index (κ3) is 2.55. The smallest absolute Gasteiger partial charge is 0.326 e. The molecule has 1 aliphatic carbocycles. The van der Waals surface area contributed by atoms with Gasteiger partial charge in [0.15, 0.2) is 0 Å². The molecular weight excluding hydrogens is 238 g/mol. The molecule has 0 amide bonds. The number of carbonyl (C=O) groups is 1. The van der Waals surface area contributed by atoms with Gasteiger partial charge in [-0.2, -0.15) is 0 Å². The van der Waals surface area contributed by atoms with Crippen LogP contribution in [0.4, 0.5) is 11.5 Å². The second-order valence-corrected chi connectivity index (χ2v) is 4.41. The topological polar surface area (TPSA) is 105 Å². The number of carboxylic acids is 1. The lowest BCUT2D eigenvalue weighted by Crippen LogP contribution is -2.31. The van der Waals surface area contributed by atoms with E-state index in [1.807, 2.05) is 0 Å². The average molecular weight is 251 g/mol. The molecule has 0 aromatic carbocycles. The fourth-order valence-corrected chi connectivity index (χ4v) is 1.76. The summed E-state index contributed by atoms with van der Waals surface area (Å²) in [4.78, 5) is 25.3. The Morgan fingerprint density at radius 2 is 2.33 bits per heavy atom. The molecule has 0 radical (unpaired) electrons. The molecule has 7 heteroatoms. The van der Waals surface area contributed by atoms with E-state index in [1.165, 1.54) is 12.3 Å². The van der Waals surface area contributed by atoms with Crippen molar-refractivity contribution in [3.8, 4) is 0 Å². The molecule has 2 N–H and O–H groups in total. The number of nitrogens with zero attached hydrogens (tertiary/aromatic N) is 2. The third-order valence-corrected chi connectivity index (χ3v) is 2.93. The molecule has 1 atom stereocenters. The van der Waals surface area contributed by atoms with Crippen LogP contribution in [0.2, 0.25) is 0 Å². The van der Waals surface area contributed by atoms with Crippen LogP contribution in [0.15, 0.2) is 12.3 Å². The highest BCUT2D eigenvalue weighted by molar-refractivity contribution is 5.78. The highest BCUT2D eigenvalue weighted by Crippen LogP contribution is 2.34. The zero-order valence-electron chi connectivity index (χ0n) is 9.79. The largest absolute Gasteiger partial charge is 0.480 e. The van der Waals surface area contributed by atoms with Crippen molar-refractivity contribution >= 4 is 17.5 Å². The fraction of sp³-hybridized carbons (Fsp3) is 0.455. The molecule has 0 saturated heterocycles. The summed E-state index contributed by atoms with van der Waals surface area (Å²) in [6.07, 6.45) is 3.09. The van der Waals surface area contributed by atoms with Gasteiger partial charge in [-0.1, -0.05) is 0 Å². The van der Waals surface area contributed by atoms with Gasteiger partial charge in [0.25, 0.3) is 5.69 Å². The Hall–Kier alpha value is -2.18. The molecule has 7 nitrogen and oxygen atoms in total. The number of pyridine rings is 1. The first-order chi connectivity index (χ1) is 8.49. The van der Waals surface area contributed by atoms with Crippen molar-refractivity contribution in [1.29, 1.82) is 0 Å². The predicted molar refractivity (Wildman–Crippen MR) is 63.4 cm³/mol. The van der Waals surface area contributed by atoms with E-state index in [2.05, 4.69) is 10.3 Å². The van der Waals surface area contributed by atoms with Crippen LogP contribution < -0.4 is 5.32 Å². The van der Waals surface area contributed by atoms with Crippen molar-refractivity contribution in [2.24, 2.45) is 5.92 Å². The van der Waals surface area contributed by atoms with Crippen LogP contribution in [0.5, 0.6) is 0 Å². The minimum Gasteiger partial charge on any atom is -0.480 e. The zero-order chi connectivity index (χ0) is 13.3. The Morgan fingerprint density at radius 3 is 2.83 bits per heavy atom. The Balaban J connectivity index is 2.20. The number of anilines is 1. The van der Waals surface area contributed by atoms with Gasteiger partial charge in [-0.25, -0.2) is 9.78 Å². The van der Waals surface area contributed by atoms with E-state index in [0.717, 1.165) is 12.8 Å². The maximum absolute atomic E-state index is 11.0. The van der Waals surface area contributed by atoms with Crippen molar-refractivity contribution in [3.63, 3.8) is 0 Å². The monoisotopic (exact) mass is 251 g/mol. The number of nitro groups is 1. The van der Waals surface area contributed by atoms with Crippen LogP contribution >= 0.6 is 0 Å². The van der Waals surface area contributed by atoms with Gasteiger partial charge >= 0.3 is 5.97 Å². The maximum Gasteiger partial charge on any atom is 0.326 e. The molecule has 1 saturated carbocycles. The summed E-state index contributed by atoms with van der Waals surface area (Å²) in [5.74, 6) is -0.640. The quantitative estimate of drug-likeness (QED) is 0.607. The van der Waals surface area contributed by atoms with Crippen LogP contribution in [-0.2, 0) is 4.79 Å². The Kier molecular flexibility index (Phi) is 3.14. The maximum atomic E-state index is 11.0. The molecule has 96 valence electrons. The lowest BCUT2D eigenvalue weighted by Gasteiger charge is -2.14. The van der Waals surface area contributed by atoms with Gasteiger partial charge in [-0.15, -0.1) is 0 Å². The number of hydrogen-bond acceptors (Lipinski definition) is 5. The van der Waals surface area contributed by atoms with Crippen molar-refractivity contribution in [2.45, 2.75) is 25.8 Å². The molecule has 0 spiro atoms. The van der Waals surface area contributed by atoms with Gasteiger partial charge in [-0.3, -0.25) is 10.1 Å². The summed E-state index contributed by atoms with van der Waals surface area (Å²) in [5.41, 5.74) is 0.385. The first-order valence-electron chi connectivity index (χ1n) is 5.59. The van der Waals surface area contributed by atoms with E-state index >= 15 is 0 Å². The van der Waals surface area contributed by atoms with E-state index in [0.29, 0.717) is 5.56 Å². The average Bonchev–Trinajstić information content (AvgIpc) is 3.11. The van der Waals surface area contributed by atoms with Gasteiger partial charge < -0.3 is 10.4 Å². The first kappa shape index (κ1) is 12.3. The van der Waals surface area contributed by atoms with Gasteiger partial charge in [-0.05, 0) is 25.7 Å². The molecule has 1 heterocycles. The molecule has 1 aromatic rings. The molecule has 1 aliphatic rings. The lowest BCUT2D eigenvalue weighted by molar-refractivity contribution is -0.385. The first-order valence-corrected chi connectivity index (χ1v) is 5.59. The number of hydrogen-bond donors (Lipinski definition) is 2. The highest BCUT2D eigenvalue weighted by Gasteiger charge is 2.36. The predicted octanol–water partition coefficient (Wildman–Crippen LogP) is 1.57. The molecule has 0 aliphatic heterocycles. The van der Waals surface area contributed by atoms with Gasteiger partial charge in [0.05, 0.1) is 11.0 Å². The van der Waals surface area contributed by atoms with Crippen molar-refractivity contribution in [2.75, 3.05) is 5.32 Å². The van der Waals surface area contributed by atoms with Crippen LogP contribution in [-0.4, -0.2) is 27.0 Å².